The second-order valence-electron chi connectivity index (χ2n) is 1.27. The molecule has 0 unspecified atom stereocenters. The van der Waals surface area contributed by atoms with Crippen LogP contribution in [0.25, 0.3) is 0 Å². The Bertz CT molecular complexity index is 136. The predicted octanol–water partition coefficient (Wildman–Crippen LogP) is -0.0687. The fourth-order valence-corrected chi connectivity index (χ4v) is 0.755. The van der Waals surface area contributed by atoms with Crippen molar-refractivity contribution in [3.05, 3.63) is 0 Å². The number of nitrogens with zero attached hydrogens (tertiary/aromatic N) is 1. The lowest BCUT2D eigenvalue weighted by molar-refractivity contribution is 1.24. The van der Waals surface area contributed by atoms with Gasteiger partial charge in [-0.05, 0) is 0 Å². The highest BCUT2D eigenvalue weighted by Gasteiger charge is 1.88. The molecule has 3 nitrogen and oxygen atoms in total. The van der Waals surface area contributed by atoms with Gasteiger partial charge in [-0.2, -0.15) is 5.10 Å². The highest BCUT2D eigenvalue weighted by atomic mass is 32.2. The third-order valence-corrected chi connectivity index (χ3v) is 1.43. The van der Waals surface area contributed by atoms with Crippen LogP contribution >= 0.6 is 11.8 Å². The number of nitrogens with two attached hydrogens (primary N) is 2. The van der Waals surface area contributed by atoms with Gasteiger partial charge in [-0.15, -0.1) is 12.3 Å². The maximum absolute atomic E-state index is 5.23. The quantitative estimate of drug-likeness (QED) is 0.142. The molecule has 0 aromatic carbocycles. The van der Waals surface area contributed by atoms with E-state index in [2.05, 4.69) is 11.0 Å². The van der Waals surface area contributed by atoms with Gasteiger partial charge in [0.15, 0.2) is 5.17 Å². The van der Waals surface area contributed by atoms with E-state index < -0.39 is 0 Å². The SMILES string of the molecule is C#CCCSC(N)=NN. The zero-order chi connectivity index (χ0) is 7.11. The molecule has 0 radical (unpaired) electrons. The van der Waals surface area contributed by atoms with Gasteiger partial charge < -0.3 is 11.6 Å². The first-order valence-electron chi connectivity index (χ1n) is 2.41. The van der Waals surface area contributed by atoms with E-state index >= 15 is 0 Å². The summed E-state index contributed by atoms with van der Waals surface area (Å²) in [5.41, 5.74) is 5.23. The minimum atomic E-state index is 0.380. The van der Waals surface area contributed by atoms with Gasteiger partial charge in [-0.1, -0.05) is 11.8 Å². The summed E-state index contributed by atoms with van der Waals surface area (Å²) in [4.78, 5) is 0. The highest BCUT2D eigenvalue weighted by Crippen LogP contribution is 1.99. The topological polar surface area (TPSA) is 64.4 Å². The van der Waals surface area contributed by atoms with Crippen LogP contribution < -0.4 is 11.6 Å². The number of hydrogen-bond acceptors (Lipinski definition) is 3. The number of hydrazone groups is 1. The molecular formula is C5H9N3S. The van der Waals surface area contributed by atoms with Crippen molar-refractivity contribution in [2.24, 2.45) is 16.7 Å². The molecule has 0 atom stereocenters. The first kappa shape index (κ1) is 8.18. The summed E-state index contributed by atoms with van der Waals surface area (Å²) < 4.78 is 0. The fraction of sp³-hybridized carbons (Fsp3) is 0.400. The van der Waals surface area contributed by atoms with Crippen LogP contribution in [0.15, 0.2) is 5.10 Å². The van der Waals surface area contributed by atoms with Crippen molar-refractivity contribution >= 4 is 16.9 Å². The smallest absolute Gasteiger partial charge is 0.177 e. The molecule has 0 aromatic heterocycles. The van der Waals surface area contributed by atoms with E-state index in [0.29, 0.717) is 11.6 Å². The van der Waals surface area contributed by atoms with E-state index in [-0.39, 0.29) is 0 Å². The molecule has 4 heteroatoms. The van der Waals surface area contributed by atoms with Gasteiger partial charge in [-0.3, -0.25) is 0 Å². The van der Waals surface area contributed by atoms with Crippen molar-refractivity contribution in [2.45, 2.75) is 6.42 Å². The van der Waals surface area contributed by atoms with Crippen molar-refractivity contribution in [3.8, 4) is 12.3 Å². The molecule has 0 spiro atoms. The van der Waals surface area contributed by atoms with Crippen LogP contribution in [0.4, 0.5) is 0 Å². The summed E-state index contributed by atoms with van der Waals surface area (Å²) >= 11 is 1.36. The van der Waals surface area contributed by atoms with Gasteiger partial charge in [0, 0.05) is 12.2 Å². The number of thioether (sulfide) groups is 1. The first-order chi connectivity index (χ1) is 4.31. The molecule has 9 heavy (non-hydrogen) atoms. The lowest BCUT2D eigenvalue weighted by Crippen LogP contribution is -2.09. The number of rotatable bonds is 2. The van der Waals surface area contributed by atoms with E-state index in [1.165, 1.54) is 11.8 Å². The Morgan fingerprint density at radius 2 is 2.44 bits per heavy atom. The van der Waals surface area contributed by atoms with Crippen LogP contribution in [0.1, 0.15) is 6.42 Å². The molecule has 50 valence electrons. The zero-order valence-electron chi connectivity index (χ0n) is 5.00. The fourth-order valence-electron chi connectivity index (χ4n) is 0.252. The van der Waals surface area contributed by atoms with Gasteiger partial charge in [0.1, 0.15) is 0 Å². The molecule has 4 N–H and O–H groups in total. The Hall–Kier alpha value is -0.820. The van der Waals surface area contributed by atoms with E-state index in [1.54, 1.807) is 0 Å². The maximum Gasteiger partial charge on any atom is 0.177 e. The molecule has 0 rings (SSSR count). The Morgan fingerprint density at radius 1 is 1.78 bits per heavy atom. The standard InChI is InChI=1S/C5H9N3S/c1-2-3-4-9-5(6)8-7/h1H,3-4,7H2,(H2,6,8). The largest absolute Gasteiger partial charge is 0.377 e. The summed E-state index contributed by atoms with van der Waals surface area (Å²) in [6.45, 7) is 0. The third-order valence-electron chi connectivity index (χ3n) is 0.624. The number of amidine groups is 1. The maximum atomic E-state index is 5.23. The lowest BCUT2D eigenvalue weighted by atomic mass is 10.5. The van der Waals surface area contributed by atoms with Crippen molar-refractivity contribution < 1.29 is 0 Å². The average molecular weight is 143 g/mol. The molecule has 0 bridgehead atoms. The van der Waals surface area contributed by atoms with E-state index in [0.717, 1.165) is 5.75 Å². The van der Waals surface area contributed by atoms with Gasteiger partial charge in [0.2, 0.25) is 0 Å². The van der Waals surface area contributed by atoms with Crippen LogP contribution in [-0.4, -0.2) is 10.9 Å². The molecule has 0 fully saturated rings. The number of terminal acetylenes is 1. The molecule has 0 aliphatic carbocycles. The molecule has 0 heterocycles. The minimum absolute atomic E-state index is 0.380. The molecular weight excluding hydrogens is 134 g/mol. The second-order valence-corrected chi connectivity index (χ2v) is 2.39. The molecule has 0 aromatic rings. The Morgan fingerprint density at radius 3 is 2.89 bits per heavy atom. The van der Waals surface area contributed by atoms with Crippen molar-refractivity contribution in [1.82, 2.24) is 0 Å². The van der Waals surface area contributed by atoms with Gasteiger partial charge >= 0.3 is 0 Å². The van der Waals surface area contributed by atoms with Crippen LogP contribution in [-0.2, 0) is 0 Å². The minimum Gasteiger partial charge on any atom is -0.377 e. The Balaban J connectivity index is 3.20. The molecule has 0 saturated carbocycles. The van der Waals surface area contributed by atoms with Crippen molar-refractivity contribution in [3.63, 3.8) is 0 Å². The van der Waals surface area contributed by atoms with Gasteiger partial charge in [0.25, 0.3) is 0 Å². The van der Waals surface area contributed by atoms with Crippen LogP contribution in [0, 0.1) is 12.3 Å². The monoisotopic (exact) mass is 143 g/mol. The zero-order valence-corrected chi connectivity index (χ0v) is 5.82. The van der Waals surface area contributed by atoms with E-state index in [9.17, 15) is 0 Å². The summed E-state index contributed by atoms with van der Waals surface area (Å²) in [6, 6.07) is 0. The summed E-state index contributed by atoms with van der Waals surface area (Å²) in [5, 5.41) is 3.63. The highest BCUT2D eigenvalue weighted by molar-refractivity contribution is 8.13. The summed E-state index contributed by atoms with van der Waals surface area (Å²) in [5.74, 6) is 8.10. The Labute approximate surface area is 58.9 Å². The first-order valence-corrected chi connectivity index (χ1v) is 3.39. The molecule has 0 amide bonds. The average Bonchev–Trinajstić information content (AvgIpc) is 1.89. The summed E-state index contributed by atoms with van der Waals surface area (Å²) in [7, 11) is 0. The molecule has 0 aliphatic heterocycles. The van der Waals surface area contributed by atoms with Crippen LogP contribution in [0.2, 0.25) is 0 Å². The third kappa shape index (κ3) is 5.04. The molecule has 0 aliphatic rings. The van der Waals surface area contributed by atoms with Crippen molar-refractivity contribution in [1.29, 1.82) is 0 Å². The van der Waals surface area contributed by atoms with Crippen molar-refractivity contribution in [2.75, 3.05) is 5.75 Å². The predicted molar refractivity (Wildman–Crippen MR) is 41.7 cm³/mol. The van der Waals surface area contributed by atoms with E-state index in [1.807, 2.05) is 0 Å². The van der Waals surface area contributed by atoms with Crippen LogP contribution in [0.5, 0.6) is 0 Å². The normalized spacial score (nSPS) is 10.8. The second kappa shape index (κ2) is 5.32. The Kier molecular flexibility index (Phi) is 4.83. The van der Waals surface area contributed by atoms with Crippen LogP contribution in [0.3, 0.4) is 0 Å². The molecule has 0 saturated heterocycles. The van der Waals surface area contributed by atoms with Gasteiger partial charge in [0.05, 0.1) is 0 Å². The van der Waals surface area contributed by atoms with E-state index in [4.69, 9.17) is 18.0 Å². The number of hydrogen-bond donors (Lipinski definition) is 2. The summed E-state index contributed by atoms with van der Waals surface area (Å²) in [6.07, 6.45) is 5.68. The van der Waals surface area contributed by atoms with Gasteiger partial charge in [-0.25, -0.2) is 0 Å². The lowest BCUT2D eigenvalue weighted by Gasteiger charge is -1.92.